The molecule has 1 aromatic carbocycles. The van der Waals surface area contributed by atoms with Crippen molar-refractivity contribution in [3.05, 3.63) is 29.5 Å². The summed E-state index contributed by atoms with van der Waals surface area (Å²) in [6.45, 7) is 2.15. The lowest BCUT2D eigenvalue weighted by molar-refractivity contribution is 0.378. The predicted octanol–water partition coefficient (Wildman–Crippen LogP) is 2.61. The average Bonchev–Trinajstić information content (AvgIpc) is 2.73. The molecule has 2 heterocycles. The molecule has 1 fully saturated rings. The molecule has 1 aromatic heterocycles. The van der Waals surface area contributed by atoms with Gasteiger partial charge in [0.2, 0.25) is 0 Å². The second-order valence-corrected chi connectivity index (χ2v) is 4.72. The molecule has 1 unspecified atom stereocenters. The molecule has 0 aliphatic carbocycles. The largest absolute Gasteiger partial charge is 0.326 e. The average molecular weight is 236 g/mol. The SMILES string of the molecule is Clc1ccc2ncn(C3CCCNC3)c2c1. The quantitative estimate of drug-likeness (QED) is 0.824. The van der Waals surface area contributed by atoms with Crippen LogP contribution in [0, 0.1) is 0 Å². The van der Waals surface area contributed by atoms with E-state index in [9.17, 15) is 0 Å². The van der Waals surface area contributed by atoms with Crippen LogP contribution >= 0.6 is 11.6 Å². The van der Waals surface area contributed by atoms with Crippen LogP contribution in [0.25, 0.3) is 11.0 Å². The van der Waals surface area contributed by atoms with Crippen LogP contribution in [0.1, 0.15) is 18.9 Å². The van der Waals surface area contributed by atoms with Crippen molar-refractivity contribution >= 4 is 22.6 Å². The second-order valence-electron chi connectivity index (χ2n) is 4.29. The van der Waals surface area contributed by atoms with E-state index in [1.807, 2.05) is 24.5 Å². The highest BCUT2D eigenvalue weighted by atomic mass is 35.5. The fraction of sp³-hybridized carbons (Fsp3) is 0.417. The smallest absolute Gasteiger partial charge is 0.0961 e. The van der Waals surface area contributed by atoms with Gasteiger partial charge in [-0.05, 0) is 37.6 Å². The first-order chi connectivity index (χ1) is 7.84. The maximum Gasteiger partial charge on any atom is 0.0961 e. The third-order valence-corrected chi connectivity index (χ3v) is 3.44. The van der Waals surface area contributed by atoms with E-state index in [2.05, 4.69) is 14.9 Å². The highest BCUT2D eigenvalue weighted by Crippen LogP contribution is 2.24. The second kappa shape index (κ2) is 4.07. The van der Waals surface area contributed by atoms with Crippen LogP contribution in [0.15, 0.2) is 24.5 Å². The van der Waals surface area contributed by atoms with Gasteiger partial charge in [-0.25, -0.2) is 4.98 Å². The number of benzene rings is 1. The number of hydrogen-bond donors (Lipinski definition) is 1. The highest BCUT2D eigenvalue weighted by Gasteiger charge is 2.16. The van der Waals surface area contributed by atoms with Gasteiger partial charge >= 0.3 is 0 Å². The number of fused-ring (bicyclic) bond motifs is 1. The summed E-state index contributed by atoms with van der Waals surface area (Å²) in [5.74, 6) is 0. The predicted molar refractivity (Wildman–Crippen MR) is 65.9 cm³/mol. The third kappa shape index (κ3) is 1.70. The Balaban J connectivity index is 2.05. The summed E-state index contributed by atoms with van der Waals surface area (Å²) in [6, 6.07) is 6.38. The standard InChI is InChI=1S/C12H14ClN3/c13-9-3-4-11-12(6-9)16(8-15-11)10-2-1-5-14-7-10/h3-4,6,8,10,14H,1-2,5,7H2. The lowest BCUT2D eigenvalue weighted by atomic mass is 10.1. The van der Waals surface area contributed by atoms with Crippen molar-refractivity contribution in [3.63, 3.8) is 0 Å². The number of hydrogen-bond acceptors (Lipinski definition) is 2. The van der Waals surface area contributed by atoms with Crippen molar-refractivity contribution in [2.24, 2.45) is 0 Å². The van der Waals surface area contributed by atoms with Crippen molar-refractivity contribution < 1.29 is 0 Å². The van der Waals surface area contributed by atoms with Crippen LogP contribution in [-0.2, 0) is 0 Å². The Morgan fingerprint density at radius 1 is 1.44 bits per heavy atom. The number of nitrogens with zero attached hydrogens (tertiary/aromatic N) is 2. The fourth-order valence-electron chi connectivity index (χ4n) is 2.36. The minimum absolute atomic E-state index is 0.511. The molecule has 0 amide bonds. The summed E-state index contributed by atoms with van der Waals surface area (Å²) in [5.41, 5.74) is 2.16. The first-order valence-corrected chi connectivity index (χ1v) is 6.05. The molecule has 0 saturated carbocycles. The van der Waals surface area contributed by atoms with Crippen molar-refractivity contribution in [3.8, 4) is 0 Å². The van der Waals surface area contributed by atoms with Gasteiger partial charge in [-0.15, -0.1) is 0 Å². The molecule has 0 radical (unpaired) electrons. The number of imidazole rings is 1. The number of halogens is 1. The van der Waals surface area contributed by atoms with E-state index < -0.39 is 0 Å². The summed E-state index contributed by atoms with van der Waals surface area (Å²) < 4.78 is 2.24. The van der Waals surface area contributed by atoms with Crippen LogP contribution < -0.4 is 5.32 Å². The Bertz CT molecular complexity index is 500. The summed E-state index contributed by atoms with van der Waals surface area (Å²) >= 11 is 6.03. The topological polar surface area (TPSA) is 29.9 Å². The van der Waals surface area contributed by atoms with E-state index in [-0.39, 0.29) is 0 Å². The fourth-order valence-corrected chi connectivity index (χ4v) is 2.53. The molecule has 3 rings (SSSR count). The molecule has 4 heteroatoms. The lowest BCUT2D eigenvalue weighted by Crippen LogP contribution is -2.31. The van der Waals surface area contributed by atoms with Gasteiger partial charge < -0.3 is 9.88 Å². The Morgan fingerprint density at radius 3 is 3.19 bits per heavy atom. The van der Waals surface area contributed by atoms with Gasteiger partial charge in [0.15, 0.2) is 0 Å². The molecule has 0 bridgehead atoms. The highest BCUT2D eigenvalue weighted by molar-refractivity contribution is 6.31. The van der Waals surface area contributed by atoms with E-state index in [4.69, 9.17) is 11.6 Å². The van der Waals surface area contributed by atoms with Gasteiger partial charge in [0.05, 0.1) is 17.4 Å². The van der Waals surface area contributed by atoms with Crippen LogP contribution in [0.5, 0.6) is 0 Å². The molecule has 1 atom stereocenters. The maximum absolute atomic E-state index is 6.03. The van der Waals surface area contributed by atoms with Crippen LogP contribution in [0.3, 0.4) is 0 Å². The number of rotatable bonds is 1. The zero-order valence-corrected chi connectivity index (χ0v) is 9.74. The van der Waals surface area contributed by atoms with Crippen molar-refractivity contribution in [2.75, 3.05) is 13.1 Å². The van der Waals surface area contributed by atoms with Crippen LogP contribution in [-0.4, -0.2) is 22.6 Å². The van der Waals surface area contributed by atoms with Gasteiger partial charge in [0, 0.05) is 17.6 Å². The molecule has 2 aromatic rings. The minimum atomic E-state index is 0.511. The summed E-state index contributed by atoms with van der Waals surface area (Å²) in [4.78, 5) is 4.41. The molecule has 0 spiro atoms. The monoisotopic (exact) mass is 235 g/mol. The van der Waals surface area contributed by atoms with Crippen molar-refractivity contribution in [2.45, 2.75) is 18.9 Å². The Hall–Kier alpha value is -1.06. The van der Waals surface area contributed by atoms with Gasteiger partial charge in [-0.1, -0.05) is 11.6 Å². The molecule has 1 aliphatic rings. The Morgan fingerprint density at radius 2 is 2.38 bits per heavy atom. The normalized spacial score (nSPS) is 21.4. The summed E-state index contributed by atoms with van der Waals surface area (Å²) in [7, 11) is 0. The third-order valence-electron chi connectivity index (χ3n) is 3.20. The molecule has 1 N–H and O–H groups in total. The molecule has 16 heavy (non-hydrogen) atoms. The molecule has 1 aliphatic heterocycles. The van der Waals surface area contributed by atoms with E-state index in [0.717, 1.165) is 29.1 Å². The molecule has 84 valence electrons. The first-order valence-electron chi connectivity index (χ1n) is 5.67. The molecular weight excluding hydrogens is 222 g/mol. The maximum atomic E-state index is 6.03. The molecule has 3 nitrogen and oxygen atoms in total. The van der Waals surface area contributed by atoms with E-state index in [1.54, 1.807) is 0 Å². The van der Waals surface area contributed by atoms with Gasteiger partial charge in [-0.2, -0.15) is 0 Å². The zero-order chi connectivity index (χ0) is 11.0. The van der Waals surface area contributed by atoms with E-state index in [1.165, 1.54) is 12.8 Å². The number of aromatic nitrogens is 2. The molecule has 1 saturated heterocycles. The van der Waals surface area contributed by atoms with Gasteiger partial charge in [-0.3, -0.25) is 0 Å². The number of piperidine rings is 1. The Kier molecular flexibility index (Phi) is 2.58. The van der Waals surface area contributed by atoms with E-state index in [0.29, 0.717) is 6.04 Å². The first kappa shape index (κ1) is 10.1. The zero-order valence-electron chi connectivity index (χ0n) is 8.99. The number of nitrogens with one attached hydrogen (secondary N) is 1. The van der Waals surface area contributed by atoms with E-state index >= 15 is 0 Å². The van der Waals surface area contributed by atoms with Crippen LogP contribution in [0.4, 0.5) is 0 Å². The summed E-state index contributed by atoms with van der Waals surface area (Å²) in [5, 5.41) is 4.20. The molecular formula is C12H14ClN3. The Labute approximate surface area is 99.4 Å². The van der Waals surface area contributed by atoms with Gasteiger partial charge in [0.25, 0.3) is 0 Å². The summed E-state index contributed by atoms with van der Waals surface area (Å²) in [6.07, 6.45) is 4.37. The lowest BCUT2D eigenvalue weighted by Gasteiger charge is -2.24. The van der Waals surface area contributed by atoms with Crippen molar-refractivity contribution in [1.82, 2.24) is 14.9 Å². The van der Waals surface area contributed by atoms with Crippen molar-refractivity contribution in [1.29, 1.82) is 0 Å². The van der Waals surface area contributed by atoms with Gasteiger partial charge in [0.1, 0.15) is 0 Å². The minimum Gasteiger partial charge on any atom is -0.326 e. The van der Waals surface area contributed by atoms with Crippen LogP contribution in [0.2, 0.25) is 5.02 Å².